The summed E-state index contributed by atoms with van der Waals surface area (Å²) in [5.74, 6) is 9.45. The van der Waals surface area contributed by atoms with Gasteiger partial charge in [-0.15, -0.1) is 0 Å². The summed E-state index contributed by atoms with van der Waals surface area (Å²) in [4.78, 5) is 0. The Morgan fingerprint density at radius 2 is 1.45 bits per heavy atom. The molecule has 0 amide bonds. The van der Waals surface area contributed by atoms with E-state index in [9.17, 15) is 5.11 Å². The third-order valence-electron chi connectivity index (χ3n) is 9.26. The molecule has 0 heterocycles. The highest BCUT2D eigenvalue weighted by atomic mass is 16.5. The maximum absolute atomic E-state index is 10.8. The van der Waals surface area contributed by atoms with Crippen molar-refractivity contribution in [2.75, 3.05) is 6.61 Å². The highest BCUT2D eigenvalue weighted by molar-refractivity contribution is 5.21. The summed E-state index contributed by atoms with van der Waals surface area (Å²) in [6.45, 7) is 3.02. The van der Waals surface area contributed by atoms with Crippen molar-refractivity contribution >= 4 is 0 Å². The van der Waals surface area contributed by atoms with E-state index in [0.29, 0.717) is 11.8 Å². The zero-order chi connectivity index (χ0) is 14.6. The molecule has 2 nitrogen and oxygen atoms in total. The highest BCUT2D eigenvalue weighted by Gasteiger charge is 2.73. The first-order chi connectivity index (χ1) is 10.8. The molecule has 6 aliphatic carbocycles. The number of aliphatic hydroxyl groups is 1. The summed E-state index contributed by atoms with van der Waals surface area (Å²) >= 11 is 0. The zero-order valence-electron chi connectivity index (χ0n) is 13.7. The monoisotopic (exact) mass is 302 g/mol. The van der Waals surface area contributed by atoms with Gasteiger partial charge >= 0.3 is 0 Å². The van der Waals surface area contributed by atoms with Crippen LogP contribution in [-0.4, -0.2) is 23.9 Å². The Labute approximate surface area is 134 Å². The van der Waals surface area contributed by atoms with Crippen LogP contribution in [0.15, 0.2) is 0 Å². The molecule has 0 saturated heterocycles. The smallest absolute Gasteiger partial charge is 0.0867 e. The lowest BCUT2D eigenvalue weighted by Gasteiger charge is -2.48. The van der Waals surface area contributed by atoms with Crippen molar-refractivity contribution in [3.05, 3.63) is 0 Å². The molecule has 0 aromatic carbocycles. The van der Waals surface area contributed by atoms with Crippen LogP contribution in [0.1, 0.15) is 45.4 Å². The van der Waals surface area contributed by atoms with Crippen molar-refractivity contribution in [2.45, 2.75) is 57.7 Å². The first-order valence-corrected chi connectivity index (χ1v) is 10.1. The number of hydrogen-bond donors (Lipinski definition) is 1. The molecular formula is C20H30O2. The second kappa shape index (κ2) is 4.30. The van der Waals surface area contributed by atoms with Crippen molar-refractivity contribution in [3.63, 3.8) is 0 Å². The molecule has 12 unspecified atom stereocenters. The van der Waals surface area contributed by atoms with E-state index in [-0.39, 0.29) is 12.2 Å². The molecule has 6 rings (SSSR count). The lowest BCUT2D eigenvalue weighted by atomic mass is 9.59. The predicted octanol–water partition coefficient (Wildman–Crippen LogP) is 3.34. The van der Waals surface area contributed by atoms with Crippen molar-refractivity contribution < 1.29 is 9.84 Å². The number of ether oxygens (including phenoxy) is 1. The van der Waals surface area contributed by atoms with Gasteiger partial charge in [0.2, 0.25) is 0 Å². The Morgan fingerprint density at radius 3 is 2.14 bits per heavy atom. The summed E-state index contributed by atoms with van der Waals surface area (Å²) in [5, 5.41) is 10.8. The molecule has 2 heteroatoms. The Kier molecular flexibility index (Phi) is 2.59. The molecule has 6 saturated carbocycles. The summed E-state index contributed by atoms with van der Waals surface area (Å²) < 4.78 is 6.14. The zero-order valence-corrected chi connectivity index (χ0v) is 13.7. The third-order valence-corrected chi connectivity index (χ3v) is 9.26. The SMILES string of the molecule is CCCOC1C(O)C2CC1C1C3CC(C4C5CCC(C5)C34)C21. The van der Waals surface area contributed by atoms with Gasteiger partial charge in [-0.1, -0.05) is 6.92 Å². The van der Waals surface area contributed by atoms with Gasteiger partial charge in [-0.3, -0.25) is 0 Å². The minimum absolute atomic E-state index is 0.144. The lowest BCUT2D eigenvalue weighted by Crippen LogP contribution is -2.49. The second-order valence-corrected chi connectivity index (χ2v) is 9.60. The van der Waals surface area contributed by atoms with Gasteiger partial charge in [-0.05, 0) is 97.7 Å². The van der Waals surface area contributed by atoms with Gasteiger partial charge in [-0.25, -0.2) is 0 Å². The second-order valence-electron chi connectivity index (χ2n) is 9.60. The maximum atomic E-state index is 10.8. The molecule has 6 bridgehead atoms. The van der Waals surface area contributed by atoms with Crippen LogP contribution in [0.2, 0.25) is 0 Å². The fourth-order valence-corrected chi connectivity index (χ4v) is 9.21. The third kappa shape index (κ3) is 1.34. The van der Waals surface area contributed by atoms with Crippen molar-refractivity contribution in [1.82, 2.24) is 0 Å². The van der Waals surface area contributed by atoms with Gasteiger partial charge in [0.15, 0.2) is 0 Å². The first kappa shape index (κ1) is 13.2. The first-order valence-electron chi connectivity index (χ1n) is 10.1. The molecule has 0 radical (unpaired) electrons. The average molecular weight is 302 g/mol. The van der Waals surface area contributed by atoms with Gasteiger partial charge in [-0.2, -0.15) is 0 Å². The maximum Gasteiger partial charge on any atom is 0.0867 e. The van der Waals surface area contributed by atoms with Crippen LogP contribution in [0.4, 0.5) is 0 Å². The quantitative estimate of drug-likeness (QED) is 0.810. The largest absolute Gasteiger partial charge is 0.390 e. The topological polar surface area (TPSA) is 29.5 Å². The molecule has 0 spiro atoms. The van der Waals surface area contributed by atoms with Crippen LogP contribution in [0.25, 0.3) is 0 Å². The molecule has 0 aromatic rings. The van der Waals surface area contributed by atoms with Gasteiger partial charge in [0, 0.05) is 6.61 Å². The summed E-state index contributed by atoms with van der Waals surface area (Å²) in [6, 6.07) is 0. The fraction of sp³-hybridized carbons (Fsp3) is 1.00. The van der Waals surface area contributed by atoms with Crippen LogP contribution in [0.3, 0.4) is 0 Å². The fourth-order valence-electron chi connectivity index (χ4n) is 9.21. The van der Waals surface area contributed by atoms with E-state index in [2.05, 4.69) is 6.92 Å². The predicted molar refractivity (Wildman–Crippen MR) is 84.0 cm³/mol. The standard InChI is InChI=1S/C20H30O2/c1-2-5-22-20-14-8-13(19(20)21)17-11-7-12(18(14)17)16-10-4-3-9(6-10)15(11)16/h9-21H,2-8H2,1H3. The summed E-state index contributed by atoms with van der Waals surface area (Å²) in [7, 11) is 0. The molecule has 122 valence electrons. The van der Waals surface area contributed by atoms with Crippen LogP contribution >= 0.6 is 0 Å². The van der Waals surface area contributed by atoms with Crippen LogP contribution < -0.4 is 0 Å². The van der Waals surface area contributed by atoms with Crippen molar-refractivity contribution in [1.29, 1.82) is 0 Å². The number of fused-ring (bicyclic) bond motifs is 16. The average Bonchev–Trinajstić information content (AvgIpc) is 3.28. The highest BCUT2D eigenvalue weighted by Crippen LogP contribution is 2.76. The van der Waals surface area contributed by atoms with Crippen LogP contribution in [0, 0.1) is 59.2 Å². The van der Waals surface area contributed by atoms with Gasteiger partial charge < -0.3 is 9.84 Å². The Morgan fingerprint density at radius 1 is 0.818 bits per heavy atom. The number of hydrogen-bond acceptors (Lipinski definition) is 2. The van der Waals surface area contributed by atoms with Crippen LogP contribution in [-0.2, 0) is 4.74 Å². The van der Waals surface area contributed by atoms with E-state index in [0.717, 1.165) is 60.4 Å². The minimum atomic E-state index is -0.144. The van der Waals surface area contributed by atoms with E-state index in [1.165, 1.54) is 19.3 Å². The Bertz CT molecular complexity index is 490. The molecule has 6 fully saturated rings. The summed E-state index contributed by atoms with van der Waals surface area (Å²) in [5.41, 5.74) is 0. The molecule has 6 aliphatic rings. The number of aliphatic hydroxyl groups excluding tert-OH is 1. The molecule has 22 heavy (non-hydrogen) atoms. The van der Waals surface area contributed by atoms with Gasteiger partial charge in [0.05, 0.1) is 12.2 Å². The van der Waals surface area contributed by atoms with E-state index < -0.39 is 0 Å². The number of rotatable bonds is 3. The normalized spacial score (nSPS) is 66.3. The van der Waals surface area contributed by atoms with E-state index in [4.69, 9.17) is 4.74 Å². The Balaban J connectivity index is 1.32. The van der Waals surface area contributed by atoms with Crippen molar-refractivity contribution in [3.8, 4) is 0 Å². The molecule has 0 aromatic heterocycles. The van der Waals surface area contributed by atoms with E-state index in [1.54, 1.807) is 12.8 Å². The van der Waals surface area contributed by atoms with Gasteiger partial charge in [0.1, 0.15) is 0 Å². The van der Waals surface area contributed by atoms with E-state index >= 15 is 0 Å². The molecular weight excluding hydrogens is 272 g/mol. The van der Waals surface area contributed by atoms with Gasteiger partial charge in [0.25, 0.3) is 0 Å². The lowest BCUT2D eigenvalue weighted by molar-refractivity contribution is -0.118. The minimum Gasteiger partial charge on any atom is -0.390 e. The molecule has 1 N–H and O–H groups in total. The van der Waals surface area contributed by atoms with Crippen LogP contribution in [0.5, 0.6) is 0 Å². The Hall–Kier alpha value is -0.0800. The molecule has 0 aliphatic heterocycles. The molecule has 12 atom stereocenters. The van der Waals surface area contributed by atoms with Crippen molar-refractivity contribution in [2.24, 2.45) is 59.2 Å². The van der Waals surface area contributed by atoms with E-state index in [1.807, 2.05) is 0 Å². The summed E-state index contributed by atoms with van der Waals surface area (Å²) in [6.07, 6.45) is 8.57.